The Hall–Kier alpha value is -2.02. The van der Waals surface area contributed by atoms with Crippen LogP contribution in [0, 0.1) is 0 Å². The molecular weight excluding hydrogens is 308 g/mol. The molecule has 0 aliphatic heterocycles. The van der Waals surface area contributed by atoms with Crippen molar-refractivity contribution in [3.8, 4) is 0 Å². The summed E-state index contributed by atoms with van der Waals surface area (Å²) in [7, 11) is 0. The van der Waals surface area contributed by atoms with Crippen LogP contribution in [0.1, 0.15) is 11.1 Å². The lowest BCUT2D eigenvalue weighted by molar-refractivity contribution is 0.589. The Morgan fingerprint density at radius 1 is 0.947 bits per heavy atom. The molecule has 2 heterocycles. The van der Waals surface area contributed by atoms with Crippen molar-refractivity contribution < 1.29 is 0 Å². The molecule has 2 aromatic heterocycles. The van der Waals surface area contributed by atoms with E-state index in [-0.39, 0.29) is 0 Å². The highest BCUT2D eigenvalue weighted by Gasteiger charge is 2.03. The Bertz CT molecular complexity index is 592. The third-order valence-electron chi connectivity index (χ3n) is 2.62. The summed E-state index contributed by atoms with van der Waals surface area (Å²) in [6.45, 7) is 1.34. The lowest BCUT2D eigenvalue weighted by Crippen LogP contribution is -2.05. The molecule has 0 aliphatic rings. The molecule has 1 aromatic carbocycles. The highest BCUT2D eigenvalue weighted by Crippen LogP contribution is 2.17. The molecule has 3 aromatic rings. The fourth-order valence-corrected chi connectivity index (χ4v) is 2.48. The van der Waals surface area contributed by atoms with Gasteiger partial charge in [-0.3, -0.25) is 0 Å². The van der Waals surface area contributed by atoms with Crippen LogP contribution in [-0.4, -0.2) is 30.0 Å². The number of aromatic nitrogens is 6. The summed E-state index contributed by atoms with van der Waals surface area (Å²) in [5.74, 6) is 0. The topological polar surface area (TPSA) is 61.4 Å². The van der Waals surface area contributed by atoms with E-state index in [0.717, 1.165) is 15.6 Å². The second kappa shape index (κ2) is 5.31. The highest BCUT2D eigenvalue weighted by atomic mass is 79.9. The molecule has 19 heavy (non-hydrogen) atoms. The zero-order valence-electron chi connectivity index (χ0n) is 10.0. The van der Waals surface area contributed by atoms with Crippen molar-refractivity contribution in [2.75, 3.05) is 0 Å². The van der Waals surface area contributed by atoms with Crippen molar-refractivity contribution in [2.45, 2.75) is 13.1 Å². The summed E-state index contributed by atoms with van der Waals surface area (Å²) in [5.41, 5.74) is 2.29. The Morgan fingerprint density at radius 3 is 2.37 bits per heavy atom. The van der Waals surface area contributed by atoms with E-state index in [4.69, 9.17) is 0 Å². The quantitative estimate of drug-likeness (QED) is 0.735. The second-order valence-corrected chi connectivity index (χ2v) is 5.04. The van der Waals surface area contributed by atoms with Gasteiger partial charge < -0.3 is 0 Å². The summed E-state index contributed by atoms with van der Waals surface area (Å²) >= 11 is 3.53. The highest BCUT2D eigenvalue weighted by molar-refractivity contribution is 9.10. The first-order valence-corrected chi connectivity index (χ1v) is 6.55. The average molecular weight is 319 g/mol. The zero-order chi connectivity index (χ0) is 13.1. The van der Waals surface area contributed by atoms with Crippen molar-refractivity contribution in [1.82, 2.24) is 30.0 Å². The Balaban J connectivity index is 1.83. The van der Waals surface area contributed by atoms with Gasteiger partial charge in [-0.2, -0.15) is 15.0 Å². The fourth-order valence-electron chi connectivity index (χ4n) is 1.89. The zero-order valence-corrected chi connectivity index (χ0v) is 11.6. The number of hydrogen-bond acceptors (Lipinski definition) is 4. The number of halogens is 1. The van der Waals surface area contributed by atoms with E-state index in [1.54, 1.807) is 28.1 Å². The van der Waals surface area contributed by atoms with Gasteiger partial charge in [0, 0.05) is 10.7 Å². The van der Waals surface area contributed by atoms with Gasteiger partial charge >= 0.3 is 0 Å². The molecule has 0 bridgehead atoms. The Labute approximate surface area is 118 Å². The van der Waals surface area contributed by atoms with Crippen LogP contribution in [0.3, 0.4) is 0 Å². The molecule has 0 saturated heterocycles. The molecule has 0 N–H and O–H groups in total. The third kappa shape index (κ3) is 3.05. The van der Waals surface area contributed by atoms with Crippen LogP contribution in [0.2, 0.25) is 0 Å². The lowest BCUT2D eigenvalue weighted by Gasteiger charge is -2.06. The maximum atomic E-state index is 4.11. The van der Waals surface area contributed by atoms with Crippen molar-refractivity contribution >= 4 is 15.9 Å². The summed E-state index contributed by atoms with van der Waals surface area (Å²) in [6.07, 6.45) is 6.87. The number of nitrogens with zero attached hydrogens (tertiary/aromatic N) is 6. The normalized spacial score (nSPS) is 10.8. The van der Waals surface area contributed by atoms with E-state index >= 15 is 0 Å². The molecule has 0 unspecified atom stereocenters. The molecule has 0 saturated carbocycles. The maximum absolute atomic E-state index is 4.11. The van der Waals surface area contributed by atoms with Gasteiger partial charge in [0.05, 0.1) is 31.7 Å². The second-order valence-electron chi connectivity index (χ2n) is 4.13. The largest absolute Gasteiger partial charge is 0.248 e. The number of benzene rings is 1. The monoisotopic (exact) mass is 318 g/mol. The molecule has 7 heteroatoms. The molecule has 0 amide bonds. The minimum Gasteiger partial charge on any atom is -0.248 e. The van der Waals surface area contributed by atoms with E-state index in [2.05, 4.69) is 54.6 Å². The lowest BCUT2D eigenvalue weighted by atomic mass is 10.1. The molecule has 0 fully saturated rings. The third-order valence-corrected chi connectivity index (χ3v) is 3.08. The smallest absolute Gasteiger partial charge is 0.0857 e. The van der Waals surface area contributed by atoms with Gasteiger partial charge in [-0.05, 0) is 23.3 Å². The first-order chi connectivity index (χ1) is 9.29. The van der Waals surface area contributed by atoms with Gasteiger partial charge in [0.25, 0.3) is 0 Å². The molecule has 0 atom stereocenters. The van der Waals surface area contributed by atoms with Crippen LogP contribution >= 0.6 is 15.9 Å². The van der Waals surface area contributed by atoms with Gasteiger partial charge in [0.1, 0.15) is 0 Å². The predicted molar refractivity (Wildman–Crippen MR) is 72.4 cm³/mol. The summed E-state index contributed by atoms with van der Waals surface area (Å²) in [6, 6.07) is 6.26. The van der Waals surface area contributed by atoms with Crippen LogP contribution < -0.4 is 0 Å². The van der Waals surface area contributed by atoms with Crippen molar-refractivity contribution in [3.05, 3.63) is 58.6 Å². The molecule has 96 valence electrons. The first kappa shape index (κ1) is 12.0. The van der Waals surface area contributed by atoms with Gasteiger partial charge in [0.2, 0.25) is 0 Å². The summed E-state index contributed by atoms with van der Waals surface area (Å²) in [5, 5.41) is 16.0. The fraction of sp³-hybridized carbons (Fsp3) is 0.167. The summed E-state index contributed by atoms with van der Waals surface area (Å²) in [4.78, 5) is 1.65. The average Bonchev–Trinajstić information content (AvgIpc) is 3.01. The number of hydrogen-bond donors (Lipinski definition) is 0. The van der Waals surface area contributed by atoms with Gasteiger partial charge in [0.15, 0.2) is 0 Å². The molecule has 0 aliphatic carbocycles. The van der Waals surface area contributed by atoms with Crippen LogP contribution in [0.4, 0.5) is 0 Å². The minimum absolute atomic E-state index is 0.650. The summed E-state index contributed by atoms with van der Waals surface area (Å²) < 4.78 is 2.82. The maximum Gasteiger partial charge on any atom is 0.0857 e. The van der Waals surface area contributed by atoms with Crippen LogP contribution in [0.5, 0.6) is 0 Å². The van der Waals surface area contributed by atoms with Crippen molar-refractivity contribution in [3.63, 3.8) is 0 Å². The van der Waals surface area contributed by atoms with E-state index in [0.29, 0.717) is 13.1 Å². The number of rotatable bonds is 4. The molecule has 3 rings (SSSR count). The van der Waals surface area contributed by atoms with Crippen LogP contribution in [0.25, 0.3) is 0 Å². The SMILES string of the molecule is Brc1cc(Cn2ccnn2)cc(Cn2nccn2)c1. The van der Waals surface area contributed by atoms with Crippen molar-refractivity contribution in [2.24, 2.45) is 0 Å². The predicted octanol–water partition coefficient (Wildman–Crippen LogP) is 1.73. The van der Waals surface area contributed by atoms with Gasteiger partial charge in [-0.1, -0.05) is 27.2 Å². The Morgan fingerprint density at radius 2 is 1.68 bits per heavy atom. The molecule has 6 nitrogen and oxygen atoms in total. The Kier molecular flexibility index (Phi) is 3.37. The van der Waals surface area contributed by atoms with Crippen molar-refractivity contribution in [1.29, 1.82) is 0 Å². The van der Waals surface area contributed by atoms with Gasteiger partial charge in [-0.15, -0.1) is 5.10 Å². The van der Waals surface area contributed by atoms with E-state index in [9.17, 15) is 0 Å². The molecule has 0 spiro atoms. The van der Waals surface area contributed by atoms with Crippen LogP contribution in [-0.2, 0) is 13.1 Å². The first-order valence-electron chi connectivity index (χ1n) is 5.76. The standard InChI is InChI=1S/C12H11BrN6/c13-12-6-10(8-18-4-3-14-17-18)5-11(7-12)9-19-15-1-2-16-19/h1-7H,8-9H2. The molecular formula is C12H11BrN6. The van der Waals surface area contributed by atoms with Crippen LogP contribution in [0.15, 0.2) is 47.5 Å². The van der Waals surface area contributed by atoms with E-state index in [1.807, 2.05) is 6.20 Å². The van der Waals surface area contributed by atoms with E-state index in [1.165, 1.54) is 0 Å². The minimum atomic E-state index is 0.650. The van der Waals surface area contributed by atoms with Gasteiger partial charge in [-0.25, -0.2) is 4.68 Å². The van der Waals surface area contributed by atoms with E-state index < -0.39 is 0 Å². The molecule has 0 radical (unpaired) electrons.